The van der Waals surface area contributed by atoms with Crippen LogP contribution < -0.4 is 4.89 Å². The van der Waals surface area contributed by atoms with Gasteiger partial charge in [0.15, 0.2) is 6.10 Å². The third kappa shape index (κ3) is 35.5. The number of ether oxygens (including phenoxy) is 2. The molecule has 0 heterocycles. The number of nitrogens with zero attached hydrogens (tertiary/aromatic N) is 1. The lowest BCUT2D eigenvalue weighted by Gasteiger charge is -2.28. The van der Waals surface area contributed by atoms with E-state index in [0.717, 1.165) is 51.4 Å². The minimum atomic E-state index is -4.64. The van der Waals surface area contributed by atoms with Crippen molar-refractivity contribution in [2.24, 2.45) is 0 Å². The van der Waals surface area contributed by atoms with Crippen LogP contribution in [0, 0.1) is 0 Å². The van der Waals surface area contributed by atoms with E-state index in [1.165, 1.54) is 38.5 Å². The predicted octanol–water partition coefficient (Wildman–Crippen LogP) is 9.49. The van der Waals surface area contributed by atoms with Gasteiger partial charge in [-0.25, -0.2) is 0 Å². The number of carbonyl (C=O) groups excluding carboxylic acids is 2. The highest BCUT2D eigenvalue weighted by Crippen LogP contribution is 2.38. The summed E-state index contributed by atoms with van der Waals surface area (Å²) in [6.45, 7) is 3.95. The lowest BCUT2D eigenvalue weighted by Crippen LogP contribution is -2.37. The molecule has 0 aliphatic rings. The standard InChI is InChI=1S/C40H70NO8P/c1-6-8-10-12-14-16-18-20-22-24-26-28-30-32-39(42)46-36-38(37-48-50(44,45)47-35-34-41(3,4)5)49-40(43)33-31-29-27-25-23-21-19-17-15-13-11-9-7-2/h9,11,13,15,17,19-20,22,26,28,38H,6-8,10,12,14,16,18,21,23-25,27,29-37H2,1-5H3/b11-9+,15-13+,19-17+,22-20+,28-26+. The van der Waals surface area contributed by atoms with E-state index in [2.05, 4.69) is 44.2 Å². The first-order valence-corrected chi connectivity index (χ1v) is 20.5. The van der Waals surface area contributed by atoms with E-state index in [0.29, 0.717) is 23.9 Å². The van der Waals surface area contributed by atoms with Gasteiger partial charge in [0.1, 0.15) is 19.8 Å². The van der Waals surface area contributed by atoms with E-state index in [-0.39, 0.29) is 26.1 Å². The summed E-state index contributed by atoms with van der Waals surface area (Å²) >= 11 is 0. The van der Waals surface area contributed by atoms with Crippen molar-refractivity contribution >= 4 is 19.8 Å². The summed E-state index contributed by atoms with van der Waals surface area (Å²) in [5, 5.41) is 0. The molecule has 0 aliphatic carbocycles. The predicted molar refractivity (Wildman–Crippen MR) is 203 cm³/mol. The van der Waals surface area contributed by atoms with Crippen molar-refractivity contribution < 1.29 is 42.1 Å². The molecule has 0 aromatic rings. The maximum absolute atomic E-state index is 12.6. The molecule has 0 fully saturated rings. The fraction of sp³-hybridized carbons (Fsp3) is 0.700. The topological polar surface area (TPSA) is 111 Å². The summed E-state index contributed by atoms with van der Waals surface area (Å²) in [7, 11) is 1.11. The highest BCUT2D eigenvalue weighted by Gasteiger charge is 2.21. The van der Waals surface area contributed by atoms with Gasteiger partial charge in [0.05, 0.1) is 27.7 Å². The molecule has 0 bridgehead atoms. The number of esters is 2. The Hall–Kier alpha value is -2.29. The zero-order valence-corrected chi connectivity index (χ0v) is 33.0. The van der Waals surface area contributed by atoms with Gasteiger partial charge < -0.3 is 27.9 Å². The third-order valence-electron chi connectivity index (χ3n) is 7.60. The van der Waals surface area contributed by atoms with Crippen LogP contribution in [0.4, 0.5) is 0 Å². The van der Waals surface area contributed by atoms with Crippen molar-refractivity contribution in [2.75, 3.05) is 47.5 Å². The highest BCUT2D eigenvalue weighted by molar-refractivity contribution is 7.45. The van der Waals surface area contributed by atoms with E-state index in [4.69, 9.17) is 18.5 Å². The first-order chi connectivity index (χ1) is 24.0. The van der Waals surface area contributed by atoms with Crippen LogP contribution in [0.2, 0.25) is 0 Å². The monoisotopic (exact) mass is 723 g/mol. The molecule has 2 unspecified atom stereocenters. The van der Waals surface area contributed by atoms with Crippen LogP contribution in [0.1, 0.15) is 129 Å². The second kappa shape index (κ2) is 32.6. The SMILES string of the molecule is CC/C=C/C=C/C=C/CCCCCCCC(=O)OC(COC(=O)CC/C=C/C/C=C/CCCCCCCC)COP(=O)([O-])OCC[N+](C)(C)C. The van der Waals surface area contributed by atoms with E-state index in [9.17, 15) is 19.0 Å². The molecule has 0 rings (SSSR count). The summed E-state index contributed by atoms with van der Waals surface area (Å²) in [5.74, 6) is -0.946. The van der Waals surface area contributed by atoms with Crippen molar-refractivity contribution in [2.45, 2.75) is 136 Å². The van der Waals surface area contributed by atoms with Gasteiger partial charge >= 0.3 is 11.9 Å². The fourth-order valence-electron chi connectivity index (χ4n) is 4.59. The Morgan fingerprint density at radius 3 is 1.92 bits per heavy atom. The molecule has 0 aliphatic heterocycles. The van der Waals surface area contributed by atoms with Crippen LogP contribution >= 0.6 is 7.82 Å². The Balaban J connectivity index is 4.57. The second-order valence-corrected chi connectivity index (χ2v) is 15.0. The number of phosphoric acid groups is 1. The minimum absolute atomic E-state index is 0.0455. The Bertz CT molecular complexity index is 1040. The van der Waals surface area contributed by atoms with Gasteiger partial charge in [-0.2, -0.15) is 0 Å². The maximum Gasteiger partial charge on any atom is 0.306 e. The maximum atomic E-state index is 12.6. The van der Waals surface area contributed by atoms with E-state index >= 15 is 0 Å². The van der Waals surface area contributed by atoms with Gasteiger partial charge in [-0.15, -0.1) is 0 Å². The van der Waals surface area contributed by atoms with Crippen molar-refractivity contribution in [3.8, 4) is 0 Å². The molecule has 0 aromatic heterocycles. The Morgan fingerprint density at radius 2 is 1.26 bits per heavy atom. The van der Waals surface area contributed by atoms with Crippen molar-refractivity contribution in [3.63, 3.8) is 0 Å². The highest BCUT2D eigenvalue weighted by atomic mass is 31.2. The summed E-state index contributed by atoms with van der Waals surface area (Å²) in [5.41, 5.74) is 0. The number of rotatable bonds is 33. The summed E-state index contributed by atoms with van der Waals surface area (Å²) in [6.07, 6.45) is 37.0. The normalized spacial score (nSPS) is 14.4. The summed E-state index contributed by atoms with van der Waals surface area (Å²) in [6, 6.07) is 0. The molecule has 288 valence electrons. The zero-order valence-electron chi connectivity index (χ0n) is 32.1. The van der Waals surface area contributed by atoms with Gasteiger partial charge in [0.2, 0.25) is 0 Å². The van der Waals surface area contributed by atoms with Gasteiger partial charge in [0, 0.05) is 12.8 Å². The second-order valence-electron chi connectivity index (χ2n) is 13.6. The molecule has 0 radical (unpaired) electrons. The molecule has 0 spiro atoms. The number of quaternary nitrogens is 1. The van der Waals surface area contributed by atoms with E-state index in [1.807, 2.05) is 51.5 Å². The number of unbranched alkanes of at least 4 members (excludes halogenated alkanes) is 11. The minimum Gasteiger partial charge on any atom is -0.756 e. The van der Waals surface area contributed by atoms with Crippen LogP contribution in [-0.2, 0) is 32.7 Å². The molecule has 50 heavy (non-hydrogen) atoms. The van der Waals surface area contributed by atoms with Crippen LogP contribution in [0.5, 0.6) is 0 Å². The number of hydrogen-bond acceptors (Lipinski definition) is 8. The molecule has 0 saturated heterocycles. The van der Waals surface area contributed by atoms with Gasteiger partial charge in [-0.05, 0) is 51.4 Å². The van der Waals surface area contributed by atoms with Crippen molar-refractivity contribution in [1.82, 2.24) is 0 Å². The average molecular weight is 724 g/mol. The molecule has 9 nitrogen and oxygen atoms in total. The lowest BCUT2D eigenvalue weighted by atomic mass is 10.1. The van der Waals surface area contributed by atoms with E-state index in [1.54, 1.807) is 0 Å². The quantitative estimate of drug-likeness (QED) is 0.0164. The smallest absolute Gasteiger partial charge is 0.306 e. The Kier molecular flexibility index (Phi) is 31.1. The van der Waals surface area contributed by atoms with Crippen LogP contribution in [0.3, 0.4) is 0 Å². The van der Waals surface area contributed by atoms with Crippen LogP contribution in [0.15, 0.2) is 60.8 Å². The Labute approximate surface area is 305 Å². The number of phosphoric ester groups is 1. The molecule has 2 atom stereocenters. The molecular formula is C40H70NO8P. The van der Waals surface area contributed by atoms with Gasteiger partial charge in [0.25, 0.3) is 7.82 Å². The summed E-state index contributed by atoms with van der Waals surface area (Å²) in [4.78, 5) is 37.3. The first kappa shape index (κ1) is 47.7. The zero-order chi connectivity index (χ0) is 37.2. The largest absolute Gasteiger partial charge is 0.756 e. The van der Waals surface area contributed by atoms with Crippen LogP contribution in [-0.4, -0.2) is 70.0 Å². The van der Waals surface area contributed by atoms with Gasteiger partial charge in [-0.3, -0.25) is 14.2 Å². The molecule has 0 N–H and O–H groups in total. The average Bonchev–Trinajstić information content (AvgIpc) is 3.06. The van der Waals surface area contributed by atoms with Gasteiger partial charge in [-0.1, -0.05) is 126 Å². The molecule has 0 aromatic carbocycles. The number of carbonyl (C=O) groups is 2. The first-order valence-electron chi connectivity index (χ1n) is 19.0. The number of hydrogen-bond donors (Lipinski definition) is 0. The molecule has 10 heteroatoms. The molecular weight excluding hydrogens is 653 g/mol. The third-order valence-corrected chi connectivity index (χ3v) is 8.56. The van der Waals surface area contributed by atoms with E-state index < -0.39 is 32.5 Å². The molecule has 0 saturated carbocycles. The lowest BCUT2D eigenvalue weighted by molar-refractivity contribution is -0.870. The van der Waals surface area contributed by atoms with Crippen molar-refractivity contribution in [1.29, 1.82) is 0 Å². The molecule has 0 amide bonds. The van der Waals surface area contributed by atoms with Crippen molar-refractivity contribution in [3.05, 3.63) is 60.8 Å². The number of likely N-dealkylation sites (N-methyl/N-ethyl adjacent to an activating group) is 1. The summed E-state index contributed by atoms with van der Waals surface area (Å²) < 4.78 is 33.6. The fourth-order valence-corrected chi connectivity index (χ4v) is 5.32. The number of allylic oxidation sites excluding steroid dienone is 10. The Morgan fingerprint density at radius 1 is 0.660 bits per heavy atom. The van der Waals surface area contributed by atoms with Crippen LogP contribution in [0.25, 0.3) is 0 Å².